The highest BCUT2D eigenvalue weighted by molar-refractivity contribution is 7.99. The van der Waals surface area contributed by atoms with Gasteiger partial charge in [-0.25, -0.2) is 0 Å². The molecule has 0 unspecified atom stereocenters. The van der Waals surface area contributed by atoms with Gasteiger partial charge in [0, 0.05) is 45.3 Å². The van der Waals surface area contributed by atoms with E-state index >= 15 is 0 Å². The molecule has 0 aliphatic carbocycles. The number of carbonyl (C=O) groups excluding carboxylic acids is 1. The molecule has 1 aliphatic rings. The lowest BCUT2D eigenvalue weighted by Gasteiger charge is -2.35. The largest absolute Gasteiger partial charge is 0.339 e. The normalized spacial score (nSPS) is 14.6. The van der Waals surface area contributed by atoms with Gasteiger partial charge < -0.3 is 9.47 Å². The zero-order valence-electron chi connectivity index (χ0n) is 19.6. The lowest BCUT2D eigenvalue weighted by Crippen LogP contribution is -2.48. The van der Waals surface area contributed by atoms with Crippen molar-refractivity contribution in [2.24, 2.45) is 7.05 Å². The maximum Gasteiger partial charge on any atom is 0.233 e. The van der Waals surface area contributed by atoms with E-state index in [0.717, 1.165) is 54.8 Å². The number of fused-ring (bicyclic) bond motifs is 1. The smallest absolute Gasteiger partial charge is 0.233 e. The third-order valence-corrected chi connectivity index (χ3v) is 7.55. The Hall–Kier alpha value is -3.16. The van der Waals surface area contributed by atoms with Crippen LogP contribution in [0.4, 0.5) is 0 Å². The summed E-state index contributed by atoms with van der Waals surface area (Å²) in [5.74, 6) is 1.37. The number of hydrogen-bond acceptors (Lipinski definition) is 5. The maximum absolute atomic E-state index is 12.9. The molecule has 0 saturated carbocycles. The number of piperazine rings is 1. The standard InChI is InChI=1S/C27H29N5OS/c1-20-8-3-5-12-23(20)26-28-29-27(30(26)2)34-19-25(33)32-16-14-31(15-17-32)18-22-11-7-10-21-9-4-6-13-24(21)22/h3-13H,14-19H2,1-2H3. The molecule has 0 N–H and O–H groups in total. The molecule has 6 nitrogen and oxygen atoms in total. The average molecular weight is 472 g/mol. The van der Waals surface area contributed by atoms with Gasteiger partial charge in [-0.2, -0.15) is 0 Å². The Bertz CT molecular complexity index is 1300. The number of amides is 1. The number of aryl methyl sites for hydroxylation is 1. The molecule has 1 aliphatic heterocycles. The summed E-state index contributed by atoms with van der Waals surface area (Å²) < 4.78 is 1.97. The number of nitrogens with zero attached hydrogens (tertiary/aromatic N) is 5. The van der Waals surface area contributed by atoms with E-state index in [0.29, 0.717) is 5.75 Å². The first-order valence-corrected chi connectivity index (χ1v) is 12.6. The lowest BCUT2D eigenvalue weighted by atomic mass is 10.0. The van der Waals surface area contributed by atoms with Crippen molar-refractivity contribution >= 4 is 28.4 Å². The van der Waals surface area contributed by atoms with Crippen LogP contribution in [0.2, 0.25) is 0 Å². The predicted octanol–water partition coefficient (Wildman–Crippen LogP) is 4.38. The number of rotatable bonds is 6. The van der Waals surface area contributed by atoms with Gasteiger partial charge in [-0.05, 0) is 28.8 Å². The molecule has 1 aromatic heterocycles. The van der Waals surface area contributed by atoms with E-state index in [1.807, 2.05) is 28.6 Å². The molecule has 2 heterocycles. The monoisotopic (exact) mass is 471 g/mol. The van der Waals surface area contributed by atoms with Crippen molar-refractivity contribution in [2.75, 3.05) is 31.9 Å². The van der Waals surface area contributed by atoms with Gasteiger partial charge in [0.2, 0.25) is 5.91 Å². The first-order valence-electron chi connectivity index (χ1n) is 11.6. The van der Waals surface area contributed by atoms with Crippen molar-refractivity contribution in [1.29, 1.82) is 0 Å². The summed E-state index contributed by atoms with van der Waals surface area (Å²) in [7, 11) is 1.96. The van der Waals surface area contributed by atoms with Gasteiger partial charge in [-0.15, -0.1) is 10.2 Å². The molecule has 0 bridgehead atoms. The molecule has 0 radical (unpaired) electrons. The summed E-state index contributed by atoms with van der Waals surface area (Å²) >= 11 is 1.46. The molecule has 4 aromatic rings. The zero-order chi connectivity index (χ0) is 23.5. The molecule has 34 heavy (non-hydrogen) atoms. The van der Waals surface area contributed by atoms with Crippen molar-refractivity contribution in [3.8, 4) is 11.4 Å². The second-order valence-corrected chi connectivity index (χ2v) is 9.71. The van der Waals surface area contributed by atoms with Gasteiger partial charge in [0.05, 0.1) is 5.75 Å². The number of thioether (sulfide) groups is 1. The van der Waals surface area contributed by atoms with Crippen molar-refractivity contribution in [2.45, 2.75) is 18.6 Å². The van der Waals surface area contributed by atoms with Crippen molar-refractivity contribution < 1.29 is 4.79 Å². The zero-order valence-corrected chi connectivity index (χ0v) is 20.5. The first kappa shape index (κ1) is 22.6. The molecule has 174 valence electrons. The summed E-state index contributed by atoms with van der Waals surface area (Å²) in [5, 5.41) is 12.1. The third kappa shape index (κ3) is 4.72. The summed E-state index contributed by atoms with van der Waals surface area (Å²) in [6, 6.07) is 23.2. The number of hydrogen-bond donors (Lipinski definition) is 0. The maximum atomic E-state index is 12.9. The predicted molar refractivity (Wildman–Crippen MR) is 138 cm³/mol. The highest BCUT2D eigenvalue weighted by Crippen LogP contribution is 2.25. The third-order valence-electron chi connectivity index (χ3n) is 6.54. The summed E-state index contributed by atoms with van der Waals surface area (Å²) in [5.41, 5.74) is 3.57. The summed E-state index contributed by atoms with van der Waals surface area (Å²) in [6.45, 7) is 6.29. The van der Waals surface area contributed by atoms with Crippen LogP contribution in [0.3, 0.4) is 0 Å². The molecule has 5 rings (SSSR count). The van der Waals surface area contributed by atoms with E-state index in [9.17, 15) is 4.79 Å². The number of benzene rings is 3. The van der Waals surface area contributed by atoms with Crippen LogP contribution in [-0.4, -0.2) is 62.4 Å². The Morgan fingerprint density at radius 3 is 2.47 bits per heavy atom. The van der Waals surface area contributed by atoms with Gasteiger partial charge in [-0.1, -0.05) is 78.5 Å². The van der Waals surface area contributed by atoms with Crippen LogP contribution in [0, 0.1) is 6.92 Å². The van der Waals surface area contributed by atoms with Gasteiger partial charge in [0.25, 0.3) is 0 Å². The van der Waals surface area contributed by atoms with Crippen molar-refractivity contribution in [1.82, 2.24) is 24.6 Å². The van der Waals surface area contributed by atoms with Crippen LogP contribution in [0.15, 0.2) is 71.9 Å². The van der Waals surface area contributed by atoms with E-state index in [1.165, 1.54) is 28.1 Å². The average Bonchev–Trinajstić information content (AvgIpc) is 3.23. The van der Waals surface area contributed by atoms with Crippen LogP contribution < -0.4 is 0 Å². The fourth-order valence-electron chi connectivity index (χ4n) is 4.54. The molecule has 1 saturated heterocycles. The Morgan fingerprint density at radius 1 is 0.912 bits per heavy atom. The van der Waals surface area contributed by atoms with E-state index in [2.05, 4.69) is 76.6 Å². The highest BCUT2D eigenvalue weighted by Gasteiger charge is 2.22. The van der Waals surface area contributed by atoms with E-state index in [-0.39, 0.29) is 5.91 Å². The minimum Gasteiger partial charge on any atom is -0.339 e. The second-order valence-electron chi connectivity index (χ2n) is 8.76. The summed E-state index contributed by atoms with van der Waals surface area (Å²) in [4.78, 5) is 17.3. The lowest BCUT2D eigenvalue weighted by molar-refractivity contribution is -0.130. The number of carbonyl (C=O) groups is 1. The van der Waals surface area contributed by atoms with Gasteiger partial charge >= 0.3 is 0 Å². The van der Waals surface area contributed by atoms with Gasteiger partial charge in [0.1, 0.15) is 0 Å². The Balaban J connectivity index is 1.15. The van der Waals surface area contributed by atoms with Crippen LogP contribution in [0.5, 0.6) is 0 Å². The SMILES string of the molecule is Cc1ccccc1-c1nnc(SCC(=O)N2CCN(Cc3cccc4ccccc34)CC2)n1C. The van der Waals surface area contributed by atoms with Gasteiger partial charge in [-0.3, -0.25) is 9.69 Å². The minimum absolute atomic E-state index is 0.162. The number of aromatic nitrogens is 3. The summed E-state index contributed by atoms with van der Waals surface area (Å²) in [6.07, 6.45) is 0. The fourth-order valence-corrected chi connectivity index (χ4v) is 5.36. The Labute approximate surface area is 204 Å². The molecule has 0 atom stereocenters. The molecular weight excluding hydrogens is 442 g/mol. The van der Waals surface area contributed by atoms with Gasteiger partial charge in [0.15, 0.2) is 11.0 Å². The van der Waals surface area contributed by atoms with E-state index < -0.39 is 0 Å². The van der Waals surface area contributed by atoms with Crippen LogP contribution in [0.1, 0.15) is 11.1 Å². The molecule has 0 spiro atoms. The topological polar surface area (TPSA) is 54.3 Å². The van der Waals surface area contributed by atoms with Crippen molar-refractivity contribution in [3.63, 3.8) is 0 Å². The minimum atomic E-state index is 0.162. The van der Waals surface area contributed by atoms with E-state index in [4.69, 9.17) is 0 Å². The Morgan fingerprint density at radius 2 is 1.65 bits per heavy atom. The molecule has 1 fully saturated rings. The van der Waals surface area contributed by atoms with Crippen LogP contribution >= 0.6 is 11.8 Å². The molecular formula is C27H29N5OS. The molecule has 3 aromatic carbocycles. The van der Waals surface area contributed by atoms with Crippen LogP contribution in [-0.2, 0) is 18.4 Å². The van der Waals surface area contributed by atoms with Crippen molar-refractivity contribution in [3.05, 3.63) is 77.9 Å². The second kappa shape index (κ2) is 9.99. The first-order chi connectivity index (χ1) is 16.6. The van der Waals surface area contributed by atoms with E-state index in [1.54, 1.807) is 0 Å². The quantitative estimate of drug-likeness (QED) is 0.391. The molecule has 1 amide bonds. The fraction of sp³-hybridized carbons (Fsp3) is 0.296. The highest BCUT2D eigenvalue weighted by atomic mass is 32.2. The molecule has 7 heteroatoms. The van der Waals surface area contributed by atoms with Crippen LogP contribution in [0.25, 0.3) is 22.2 Å². The Kier molecular flexibility index (Phi) is 6.65.